The molecule has 35 heavy (non-hydrogen) atoms. The van der Waals surface area contributed by atoms with Gasteiger partial charge in [-0.05, 0) is 35.7 Å². The summed E-state index contributed by atoms with van der Waals surface area (Å²) in [7, 11) is 0.842. The van der Waals surface area contributed by atoms with E-state index in [1.807, 2.05) is 18.2 Å². The lowest BCUT2D eigenvalue weighted by molar-refractivity contribution is 0.101. The van der Waals surface area contributed by atoms with Gasteiger partial charge in [-0.25, -0.2) is 13.8 Å². The molecule has 0 aliphatic carbocycles. The first-order valence-electron chi connectivity index (χ1n) is 10.1. The van der Waals surface area contributed by atoms with Crippen molar-refractivity contribution < 1.29 is 31.5 Å². The minimum Gasteiger partial charge on any atom is -0.491 e. The quantitative estimate of drug-likeness (QED) is 0.211. The molecule has 1 heterocycles. The van der Waals surface area contributed by atoms with E-state index < -0.39 is 40.5 Å². The molecule has 0 atom stereocenters. The number of benzene rings is 4. The number of nitrogens with zero attached hydrogens (tertiary/aromatic N) is 1. The molecule has 176 valence electrons. The van der Waals surface area contributed by atoms with Crippen LogP contribution in [0.1, 0.15) is 10.4 Å². The highest BCUT2D eigenvalue weighted by Crippen LogP contribution is 2.34. The molecular formula is C25H13ClF4N2O3. The van der Waals surface area contributed by atoms with Gasteiger partial charge in [-0.1, -0.05) is 35.9 Å². The van der Waals surface area contributed by atoms with Crippen molar-refractivity contribution in [2.75, 3.05) is 12.4 Å². The molecule has 0 saturated heterocycles. The summed E-state index contributed by atoms with van der Waals surface area (Å²) in [4.78, 5) is 16.9. The Morgan fingerprint density at radius 2 is 1.63 bits per heavy atom. The second kappa shape index (κ2) is 8.59. The minimum absolute atomic E-state index is 0.0683. The normalized spacial score (nSPS) is 11.3. The molecule has 10 heteroatoms. The van der Waals surface area contributed by atoms with Gasteiger partial charge in [-0.2, -0.15) is 8.78 Å². The molecule has 0 unspecified atom stereocenters. The fourth-order valence-corrected chi connectivity index (χ4v) is 4.00. The maximum atomic E-state index is 14.3. The Labute approximate surface area is 199 Å². The van der Waals surface area contributed by atoms with E-state index in [9.17, 15) is 22.4 Å². The monoisotopic (exact) mass is 500 g/mol. The van der Waals surface area contributed by atoms with E-state index in [0.29, 0.717) is 21.7 Å². The van der Waals surface area contributed by atoms with Gasteiger partial charge in [0.15, 0.2) is 23.0 Å². The molecule has 1 amide bonds. The van der Waals surface area contributed by atoms with Crippen LogP contribution in [0.25, 0.3) is 33.3 Å². The van der Waals surface area contributed by atoms with Gasteiger partial charge in [0.1, 0.15) is 11.1 Å². The Kier molecular flexibility index (Phi) is 5.56. The van der Waals surface area contributed by atoms with Crippen LogP contribution in [0.15, 0.2) is 59.0 Å². The molecule has 1 aromatic heterocycles. The summed E-state index contributed by atoms with van der Waals surface area (Å²) >= 11 is 6.28. The number of anilines is 1. The maximum Gasteiger partial charge on any atom is 0.261 e. The lowest BCUT2D eigenvalue weighted by atomic mass is 10.0. The molecule has 0 aliphatic rings. The van der Waals surface area contributed by atoms with Crippen LogP contribution in [0, 0.1) is 23.3 Å². The van der Waals surface area contributed by atoms with E-state index in [4.69, 9.17) is 16.0 Å². The van der Waals surface area contributed by atoms with E-state index in [0.717, 1.165) is 17.9 Å². The van der Waals surface area contributed by atoms with Crippen molar-refractivity contribution >= 4 is 45.1 Å². The number of hydrogen-bond donors (Lipinski definition) is 1. The number of carbonyl (C=O) groups excluding carboxylic acids is 1. The molecule has 4 aromatic carbocycles. The van der Waals surface area contributed by atoms with E-state index >= 15 is 0 Å². The van der Waals surface area contributed by atoms with Crippen molar-refractivity contribution in [2.45, 2.75) is 0 Å². The van der Waals surface area contributed by atoms with Crippen LogP contribution in [0.2, 0.25) is 5.02 Å². The Balaban J connectivity index is 1.51. The number of fused-ring (bicyclic) bond motifs is 2. The summed E-state index contributed by atoms with van der Waals surface area (Å²) in [5.74, 6) is -9.76. The Morgan fingerprint density at radius 3 is 2.34 bits per heavy atom. The van der Waals surface area contributed by atoms with Gasteiger partial charge in [0.2, 0.25) is 17.5 Å². The maximum absolute atomic E-state index is 14.3. The van der Waals surface area contributed by atoms with Crippen LogP contribution in [0.5, 0.6) is 5.75 Å². The number of rotatable bonds is 4. The van der Waals surface area contributed by atoms with Gasteiger partial charge in [0.05, 0.1) is 7.11 Å². The van der Waals surface area contributed by atoms with Crippen molar-refractivity contribution in [3.63, 3.8) is 0 Å². The van der Waals surface area contributed by atoms with E-state index in [2.05, 4.69) is 15.0 Å². The molecule has 0 fully saturated rings. The molecule has 0 radical (unpaired) electrons. The van der Waals surface area contributed by atoms with Crippen molar-refractivity contribution in [1.82, 2.24) is 4.98 Å². The predicted molar refractivity (Wildman–Crippen MR) is 123 cm³/mol. The summed E-state index contributed by atoms with van der Waals surface area (Å²) in [5.41, 5.74) is 0.0222. The summed E-state index contributed by atoms with van der Waals surface area (Å²) in [6, 6.07) is 15.2. The summed E-state index contributed by atoms with van der Waals surface area (Å²) in [6.07, 6.45) is 0. The Bertz CT molecular complexity index is 1620. The minimum atomic E-state index is -1.88. The first-order valence-corrected chi connectivity index (χ1v) is 10.5. The number of halogens is 5. The number of ether oxygens (including phenoxy) is 1. The Morgan fingerprint density at radius 1 is 0.943 bits per heavy atom. The van der Waals surface area contributed by atoms with Crippen LogP contribution in [0.4, 0.5) is 23.2 Å². The fraction of sp³-hybridized carbons (Fsp3) is 0.0400. The number of aromatic nitrogens is 1. The SMILES string of the molecule is COc1c(F)c(F)c(C(=O)Nc2ccc3oc(-c4cccc5c(Cl)cccc45)nc3c2)c(F)c1F. The average Bonchev–Trinajstić information content (AvgIpc) is 3.26. The van der Waals surface area contributed by atoms with Crippen molar-refractivity contribution in [3.8, 4) is 17.2 Å². The van der Waals surface area contributed by atoms with Crippen molar-refractivity contribution in [1.29, 1.82) is 0 Å². The van der Waals surface area contributed by atoms with Gasteiger partial charge >= 0.3 is 0 Å². The molecule has 0 spiro atoms. The lowest BCUT2D eigenvalue weighted by Crippen LogP contribution is -2.18. The lowest BCUT2D eigenvalue weighted by Gasteiger charge is -2.11. The largest absolute Gasteiger partial charge is 0.491 e. The number of nitrogens with one attached hydrogen (secondary N) is 1. The summed E-state index contributed by atoms with van der Waals surface area (Å²) in [5, 5.41) is 4.41. The first-order chi connectivity index (χ1) is 16.8. The van der Waals surface area contributed by atoms with Gasteiger partial charge < -0.3 is 14.5 Å². The number of oxazole rings is 1. The van der Waals surface area contributed by atoms with E-state index in [1.54, 1.807) is 18.2 Å². The zero-order valence-corrected chi connectivity index (χ0v) is 18.5. The van der Waals surface area contributed by atoms with Crippen molar-refractivity contribution in [3.05, 3.63) is 88.5 Å². The van der Waals surface area contributed by atoms with Gasteiger partial charge in [0.25, 0.3) is 5.91 Å². The standard InChI is InChI=1S/C25H13ClF4N2O3/c1-34-23-21(29)19(27)18(20(28)22(23)30)24(33)31-11-8-9-17-16(10-11)32-25(35-17)14-6-2-5-13-12(14)4-3-7-15(13)26/h2-10H,1H3,(H,31,33). The van der Waals surface area contributed by atoms with Crippen LogP contribution in [-0.4, -0.2) is 18.0 Å². The number of methoxy groups -OCH3 is 1. The van der Waals surface area contributed by atoms with E-state index in [-0.39, 0.29) is 11.6 Å². The fourth-order valence-electron chi connectivity index (χ4n) is 3.76. The third-order valence-electron chi connectivity index (χ3n) is 5.40. The second-order valence-electron chi connectivity index (χ2n) is 7.46. The van der Waals surface area contributed by atoms with Crippen LogP contribution in [-0.2, 0) is 0 Å². The molecule has 5 rings (SSSR count). The molecule has 0 bridgehead atoms. The molecule has 0 saturated carbocycles. The number of hydrogen-bond acceptors (Lipinski definition) is 4. The molecule has 5 nitrogen and oxygen atoms in total. The zero-order chi connectivity index (χ0) is 24.9. The Hall–Kier alpha value is -4.11. The predicted octanol–water partition coefficient (Wildman–Crippen LogP) is 7.12. The average molecular weight is 501 g/mol. The second-order valence-corrected chi connectivity index (χ2v) is 7.87. The topological polar surface area (TPSA) is 64.4 Å². The first kappa shape index (κ1) is 22.7. The molecule has 1 N–H and O–H groups in total. The highest BCUT2D eigenvalue weighted by molar-refractivity contribution is 6.35. The zero-order valence-electron chi connectivity index (χ0n) is 17.8. The number of amides is 1. The summed E-state index contributed by atoms with van der Waals surface area (Å²) < 4.78 is 66.7. The van der Waals surface area contributed by atoms with Crippen LogP contribution in [0.3, 0.4) is 0 Å². The summed E-state index contributed by atoms with van der Waals surface area (Å²) in [6.45, 7) is 0. The molecular weight excluding hydrogens is 488 g/mol. The highest BCUT2D eigenvalue weighted by atomic mass is 35.5. The van der Waals surface area contributed by atoms with Crippen LogP contribution < -0.4 is 10.1 Å². The smallest absolute Gasteiger partial charge is 0.261 e. The van der Waals surface area contributed by atoms with Crippen molar-refractivity contribution in [2.24, 2.45) is 0 Å². The third-order valence-corrected chi connectivity index (χ3v) is 5.73. The van der Waals surface area contributed by atoms with E-state index in [1.165, 1.54) is 18.2 Å². The van der Waals surface area contributed by atoms with Gasteiger partial charge in [0, 0.05) is 21.7 Å². The van der Waals surface area contributed by atoms with Gasteiger partial charge in [-0.3, -0.25) is 4.79 Å². The highest BCUT2D eigenvalue weighted by Gasteiger charge is 2.30. The van der Waals surface area contributed by atoms with Gasteiger partial charge in [-0.15, -0.1) is 0 Å². The van der Waals surface area contributed by atoms with Crippen LogP contribution >= 0.6 is 11.6 Å². The molecule has 5 aromatic rings. The number of carbonyl (C=O) groups is 1. The third kappa shape index (κ3) is 3.74. The molecule has 0 aliphatic heterocycles.